The first-order valence-corrected chi connectivity index (χ1v) is 5.04. The summed E-state index contributed by atoms with van der Waals surface area (Å²) in [4.78, 5) is 11.4. The molecular formula is C9H8Cl2N2O2. The number of benzene rings is 1. The fourth-order valence-corrected chi connectivity index (χ4v) is 1.67. The Morgan fingerprint density at radius 1 is 1.47 bits per heavy atom. The first kappa shape index (κ1) is 10.5. The van der Waals surface area contributed by atoms with E-state index in [1.165, 1.54) is 0 Å². The van der Waals surface area contributed by atoms with Crippen LogP contribution in [0.5, 0.6) is 5.75 Å². The number of nitrogens with two attached hydrogens (primary N) is 1. The van der Waals surface area contributed by atoms with Gasteiger partial charge in [-0.3, -0.25) is 4.79 Å². The number of hydrogen-bond acceptors (Lipinski definition) is 3. The molecule has 80 valence electrons. The van der Waals surface area contributed by atoms with Gasteiger partial charge in [0.15, 0.2) is 11.9 Å². The third-order valence-corrected chi connectivity index (χ3v) is 2.86. The predicted octanol–water partition coefficient (Wildman–Crippen LogP) is 1.65. The lowest BCUT2D eigenvalue weighted by Crippen LogP contribution is -2.42. The maximum absolute atomic E-state index is 11.4. The highest BCUT2D eigenvalue weighted by Crippen LogP contribution is 2.40. The maximum Gasteiger partial charge on any atom is 0.266 e. The number of ether oxygens (including phenoxy) is 1. The van der Waals surface area contributed by atoms with Crippen LogP contribution in [-0.4, -0.2) is 18.6 Å². The van der Waals surface area contributed by atoms with E-state index in [-0.39, 0.29) is 17.5 Å². The molecular weight excluding hydrogens is 239 g/mol. The van der Waals surface area contributed by atoms with Gasteiger partial charge in [-0.25, -0.2) is 0 Å². The van der Waals surface area contributed by atoms with Crippen LogP contribution in [0.15, 0.2) is 12.1 Å². The number of nitrogens with one attached hydrogen (secondary N) is 1. The molecule has 0 aliphatic carbocycles. The monoisotopic (exact) mass is 246 g/mol. The Kier molecular flexibility index (Phi) is 2.73. The minimum Gasteiger partial charge on any atom is -0.475 e. The van der Waals surface area contributed by atoms with Gasteiger partial charge in [0.1, 0.15) is 5.02 Å². The molecule has 0 saturated heterocycles. The Labute approximate surface area is 96.3 Å². The van der Waals surface area contributed by atoms with Gasteiger partial charge in [-0.05, 0) is 12.1 Å². The summed E-state index contributed by atoms with van der Waals surface area (Å²) in [5.41, 5.74) is 5.89. The van der Waals surface area contributed by atoms with Crippen LogP contribution in [0.4, 0.5) is 5.69 Å². The minimum absolute atomic E-state index is 0.0914. The summed E-state index contributed by atoms with van der Waals surface area (Å²) < 4.78 is 5.35. The molecule has 4 nitrogen and oxygen atoms in total. The number of carbonyl (C=O) groups excluding carboxylic acids is 1. The van der Waals surface area contributed by atoms with Crippen molar-refractivity contribution in [3.63, 3.8) is 0 Å². The molecule has 0 aromatic heterocycles. The predicted molar refractivity (Wildman–Crippen MR) is 58.6 cm³/mol. The zero-order valence-corrected chi connectivity index (χ0v) is 9.10. The van der Waals surface area contributed by atoms with Crippen LogP contribution in [-0.2, 0) is 4.79 Å². The molecule has 1 aromatic carbocycles. The van der Waals surface area contributed by atoms with Crippen molar-refractivity contribution in [2.75, 3.05) is 11.9 Å². The second-order valence-corrected chi connectivity index (χ2v) is 3.85. The quantitative estimate of drug-likeness (QED) is 0.793. The van der Waals surface area contributed by atoms with Crippen molar-refractivity contribution in [3.05, 3.63) is 22.2 Å². The smallest absolute Gasteiger partial charge is 0.266 e. The van der Waals surface area contributed by atoms with E-state index in [0.717, 1.165) is 0 Å². The van der Waals surface area contributed by atoms with Crippen LogP contribution in [0, 0.1) is 0 Å². The van der Waals surface area contributed by atoms with E-state index >= 15 is 0 Å². The highest BCUT2D eigenvalue weighted by atomic mass is 35.5. The molecule has 6 heteroatoms. The fourth-order valence-electron chi connectivity index (χ4n) is 1.31. The molecule has 1 aliphatic rings. The third kappa shape index (κ3) is 1.76. The lowest BCUT2D eigenvalue weighted by Gasteiger charge is -2.25. The summed E-state index contributed by atoms with van der Waals surface area (Å²) in [6.07, 6.45) is -0.714. The van der Waals surface area contributed by atoms with Crippen LogP contribution >= 0.6 is 23.2 Å². The summed E-state index contributed by atoms with van der Waals surface area (Å²) in [6.45, 7) is 0.0914. The second kappa shape index (κ2) is 3.89. The van der Waals surface area contributed by atoms with E-state index < -0.39 is 6.10 Å². The van der Waals surface area contributed by atoms with Gasteiger partial charge in [-0.2, -0.15) is 0 Å². The molecule has 1 unspecified atom stereocenters. The summed E-state index contributed by atoms with van der Waals surface area (Å²) in [5, 5.41) is 3.30. The summed E-state index contributed by atoms with van der Waals surface area (Å²) in [7, 11) is 0. The lowest BCUT2D eigenvalue weighted by molar-refractivity contribution is -0.123. The van der Waals surface area contributed by atoms with Crippen molar-refractivity contribution in [2.45, 2.75) is 6.10 Å². The van der Waals surface area contributed by atoms with Gasteiger partial charge in [0.2, 0.25) is 0 Å². The van der Waals surface area contributed by atoms with Crippen molar-refractivity contribution in [1.29, 1.82) is 0 Å². The maximum atomic E-state index is 11.4. The largest absolute Gasteiger partial charge is 0.475 e. The molecule has 1 aliphatic heterocycles. The normalized spacial score (nSPS) is 19.1. The van der Waals surface area contributed by atoms with Gasteiger partial charge in [0, 0.05) is 6.54 Å². The van der Waals surface area contributed by atoms with E-state index in [4.69, 9.17) is 33.7 Å². The molecule has 1 amide bonds. The Morgan fingerprint density at radius 3 is 2.87 bits per heavy atom. The molecule has 3 N–H and O–H groups in total. The van der Waals surface area contributed by atoms with Crippen LogP contribution in [0.2, 0.25) is 10.0 Å². The zero-order chi connectivity index (χ0) is 11.0. The van der Waals surface area contributed by atoms with Crippen molar-refractivity contribution < 1.29 is 9.53 Å². The van der Waals surface area contributed by atoms with E-state index in [2.05, 4.69) is 5.32 Å². The Morgan fingerprint density at radius 2 is 2.20 bits per heavy atom. The van der Waals surface area contributed by atoms with Crippen molar-refractivity contribution >= 4 is 34.8 Å². The van der Waals surface area contributed by atoms with E-state index in [1.807, 2.05) is 0 Å². The minimum atomic E-state index is -0.714. The fraction of sp³-hybridized carbons (Fsp3) is 0.222. The van der Waals surface area contributed by atoms with E-state index in [9.17, 15) is 4.79 Å². The Bertz CT molecular complexity index is 423. The average molecular weight is 247 g/mol. The summed E-state index contributed by atoms with van der Waals surface area (Å²) in [5.74, 6) is 0.0996. The standard InChI is InChI=1S/C9H8Cl2N2O2/c10-4-1-2-5-8(7(4)11)15-6(3-12)9(14)13-5/h1-2,6H,3,12H2,(H,13,14). The topological polar surface area (TPSA) is 64.3 Å². The van der Waals surface area contributed by atoms with Crippen LogP contribution in [0.25, 0.3) is 0 Å². The van der Waals surface area contributed by atoms with Crippen molar-refractivity contribution in [1.82, 2.24) is 0 Å². The van der Waals surface area contributed by atoms with E-state index in [1.54, 1.807) is 12.1 Å². The number of rotatable bonds is 1. The number of halogens is 2. The average Bonchev–Trinajstić information content (AvgIpc) is 2.23. The molecule has 15 heavy (non-hydrogen) atoms. The first-order chi connectivity index (χ1) is 7.13. The van der Waals surface area contributed by atoms with Gasteiger partial charge in [-0.15, -0.1) is 0 Å². The molecule has 1 heterocycles. The number of carbonyl (C=O) groups is 1. The van der Waals surface area contributed by atoms with Crippen molar-refractivity contribution in [2.24, 2.45) is 5.73 Å². The summed E-state index contributed by atoms with van der Waals surface area (Å²) >= 11 is 11.7. The summed E-state index contributed by atoms with van der Waals surface area (Å²) in [6, 6.07) is 3.23. The molecule has 1 atom stereocenters. The highest BCUT2D eigenvalue weighted by molar-refractivity contribution is 6.43. The number of hydrogen-bond donors (Lipinski definition) is 2. The van der Waals surface area contributed by atoms with Crippen LogP contribution in [0.1, 0.15) is 0 Å². The van der Waals surface area contributed by atoms with Gasteiger partial charge >= 0.3 is 0 Å². The lowest BCUT2D eigenvalue weighted by atomic mass is 10.2. The molecule has 2 rings (SSSR count). The van der Waals surface area contributed by atoms with E-state index in [0.29, 0.717) is 16.5 Å². The number of anilines is 1. The molecule has 0 bridgehead atoms. The third-order valence-electron chi connectivity index (χ3n) is 2.07. The Balaban J connectivity index is 2.46. The molecule has 0 radical (unpaired) electrons. The highest BCUT2D eigenvalue weighted by Gasteiger charge is 2.28. The van der Waals surface area contributed by atoms with Gasteiger partial charge in [-0.1, -0.05) is 23.2 Å². The zero-order valence-electron chi connectivity index (χ0n) is 7.59. The SMILES string of the molecule is NCC1Oc2c(ccc(Cl)c2Cl)NC1=O. The van der Waals surface area contributed by atoms with Crippen LogP contribution < -0.4 is 15.8 Å². The van der Waals surface area contributed by atoms with Gasteiger partial charge in [0.25, 0.3) is 5.91 Å². The number of amides is 1. The molecule has 1 aromatic rings. The number of fused-ring (bicyclic) bond motifs is 1. The molecule has 0 spiro atoms. The van der Waals surface area contributed by atoms with Gasteiger partial charge < -0.3 is 15.8 Å². The van der Waals surface area contributed by atoms with Crippen LogP contribution in [0.3, 0.4) is 0 Å². The van der Waals surface area contributed by atoms with Gasteiger partial charge in [0.05, 0.1) is 10.7 Å². The molecule has 0 fully saturated rings. The van der Waals surface area contributed by atoms with Crippen molar-refractivity contribution in [3.8, 4) is 5.75 Å². The molecule has 0 saturated carbocycles. The first-order valence-electron chi connectivity index (χ1n) is 4.29. The second-order valence-electron chi connectivity index (χ2n) is 3.07. The Hall–Kier alpha value is -0.970.